The first-order valence-corrected chi connectivity index (χ1v) is 22.3. The SMILES string of the molecule is COc1cncc(-c2cnc(Cl)cc2N)c1.COc1cncc(-c2cnc(Cl)cc2Nc2c(C)c(-c3ccccn3)nc3cc(F)cc(F)c23)c1.Cc1c(-c2ccccn2)nc2cc(F)cc(F)c2c1Cl. The van der Waals surface area contributed by atoms with Crippen molar-refractivity contribution in [3.63, 3.8) is 0 Å². The van der Waals surface area contributed by atoms with Crippen molar-refractivity contribution < 1.29 is 27.0 Å². The third-order valence-corrected chi connectivity index (χ3v) is 11.7. The molecule has 0 amide bonds. The van der Waals surface area contributed by atoms with Crippen LogP contribution in [0.1, 0.15) is 11.1 Å². The Labute approximate surface area is 418 Å². The monoisotopic (exact) mass is 1010 g/mol. The van der Waals surface area contributed by atoms with Crippen molar-refractivity contribution in [1.82, 2.24) is 39.9 Å². The van der Waals surface area contributed by atoms with Crippen LogP contribution in [0.25, 0.3) is 66.8 Å². The first-order valence-electron chi connectivity index (χ1n) is 21.1. The van der Waals surface area contributed by atoms with Gasteiger partial charge in [0.05, 0.1) is 87.6 Å². The molecule has 0 atom stereocenters. The van der Waals surface area contributed by atoms with Gasteiger partial charge in [-0.2, -0.15) is 0 Å². The average molecular weight is 1020 g/mol. The van der Waals surface area contributed by atoms with Gasteiger partial charge in [-0.05, 0) is 67.9 Å². The molecule has 0 aliphatic rings. The highest BCUT2D eigenvalue weighted by Gasteiger charge is 2.21. The number of methoxy groups -OCH3 is 2. The van der Waals surface area contributed by atoms with Gasteiger partial charge in [0.1, 0.15) is 45.1 Å². The summed E-state index contributed by atoms with van der Waals surface area (Å²) in [5, 5.41) is 4.42. The van der Waals surface area contributed by atoms with E-state index in [4.69, 9.17) is 50.0 Å². The van der Waals surface area contributed by atoms with E-state index in [1.54, 1.807) is 120 Å². The van der Waals surface area contributed by atoms with E-state index in [9.17, 15) is 13.2 Å². The number of rotatable bonds is 8. The van der Waals surface area contributed by atoms with Crippen LogP contribution in [0.3, 0.4) is 0 Å². The predicted molar refractivity (Wildman–Crippen MR) is 270 cm³/mol. The smallest absolute Gasteiger partial charge is 0.137 e. The fourth-order valence-electron chi connectivity index (χ4n) is 7.37. The molecule has 12 nitrogen and oxygen atoms in total. The molecule has 71 heavy (non-hydrogen) atoms. The van der Waals surface area contributed by atoms with Crippen LogP contribution in [0.4, 0.5) is 34.6 Å². The van der Waals surface area contributed by atoms with E-state index in [-0.39, 0.29) is 32.0 Å². The van der Waals surface area contributed by atoms with Crippen molar-refractivity contribution in [1.29, 1.82) is 0 Å². The number of nitrogens with two attached hydrogens (primary N) is 1. The van der Waals surface area contributed by atoms with Crippen LogP contribution in [0.15, 0.2) is 135 Å². The number of hydrogen-bond donors (Lipinski definition) is 2. The minimum atomic E-state index is -0.740. The first-order chi connectivity index (χ1) is 34.2. The molecule has 0 spiro atoms. The minimum Gasteiger partial charge on any atom is -0.495 e. The van der Waals surface area contributed by atoms with Crippen LogP contribution in [-0.4, -0.2) is 54.1 Å². The van der Waals surface area contributed by atoms with Crippen LogP contribution >= 0.6 is 34.8 Å². The van der Waals surface area contributed by atoms with Crippen molar-refractivity contribution in [2.45, 2.75) is 13.8 Å². The van der Waals surface area contributed by atoms with E-state index in [0.717, 1.165) is 29.3 Å². The largest absolute Gasteiger partial charge is 0.495 e. The number of aromatic nitrogens is 8. The maximum absolute atomic E-state index is 15.1. The Bertz CT molecular complexity index is 3580. The molecule has 0 fully saturated rings. The number of anilines is 3. The maximum Gasteiger partial charge on any atom is 0.137 e. The normalized spacial score (nSPS) is 10.8. The number of nitrogens with zero attached hydrogens (tertiary/aromatic N) is 8. The van der Waals surface area contributed by atoms with E-state index in [0.29, 0.717) is 78.7 Å². The zero-order chi connectivity index (χ0) is 50.3. The summed E-state index contributed by atoms with van der Waals surface area (Å²) in [5.74, 6) is -1.63. The van der Waals surface area contributed by atoms with Gasteiger partial charge in [-0.25, -0.2) is 37.5 Å². The summed E-state index contributed by atoms with van der Waals surface area (Å²) >= 11 is 18.2. The lowest BCUT2D eigenvalue weighted by Crippen LogP contribution is -2.03. The second-order valence-corrected chi connectivity index (χ2v) is 16.5. The second-order valence-electron chi connectivity index (χ2n) is 15.4. The molecule has 10 rings (SSSR count). The predicted octanol–water partition coefficient (Wildman–Crippen LogP) is 13.7. The first kappa shape index (κ1) is 49.4. The van der Waals surface area contributed by atoms with E-state index in [2.05, 4.69) is 45.2 Å². The zero-order valence-electron chi connectivity index (χ0n) is 37.8. The van der Waals surface area contributed by atoms with Gasteiger partial charge < -0.3 is 20.5 Å². The van der Waals surface area contributed by atoms with Gasteiger partial charge in [0.25, 0.3) is 0 Å². The number of nitrogen functional groups attached to an aromatic ring is 1. The highest BCUT2D eigenvalue weighted by molar-refractivity contribution is 6.36. The number of fused-ring (bicyclic) bond motifs is 2. The van der Waals surface area contributed by atoms with Crippen molar-refractivity contribution in [2.24, 2.45) is 0 Å². The molecule has 2 aromatic carbocycles. The molecule has 10 aromatic rings. The Morgan fingerprint density at radius 3 is 1.59 bits per heavy atom. The van der Waals surface area contributed by atoms with Crippen LogP contribution in [-0.2, 0) is 0 Å². The molecule has 19 heteroatoms. The van der Waals surface area contributed by atoms with E-state index >= 15 is 4.39 Å². The number of hydrogen-bond acceptors (Lipinski definition) is 12. The highest BCUT2D eigenvalue weighted by atomic mass is 35.5. The third-order valence-electron chi connectivity index (χ3n) is 10.8. The summed E-state index contributed by atoms with van der Waals surface area (Å²) < 4.78 is 66.8. The lowest BCUT2D eigenvalue weighted by molar-refractivity contribution is 0.413. The van der Waals surface area contributed by atoms with Gasteiger partial charge >= 0.3 is 0 Å². The topological polar surface area (TPSA) is 160 Å². The Balaban J connectivity index is 0.000000158. The zero-order valence-corrected chi connectivity index (χ0v) is 40.1. The molecule has 8 heterocycles. The lowest BCUT2D eigenvalue weighted by atomic mass is 10.0. The Morgan fingerprint density at radius 2 is 1.06 bits per heavy atom. The second kappa shape index (κ2) is 21.7. The molecular weight excluding hydrogens is 979 g/mol. The molecule has 356 valence electrons. The number of benzene rings is 2. The summed E-state index contributed by atoms with van der Waals surface area (Å²) in [6, 6.07) is 21.6. The number of pyridine rings is 8. The van der Waals surface area contributed by atoms with Crippen molar-refractivity contribution in [3.8, 4) is 56.5 Å². The fraction of sp³-hybridized carbons (Fsp3) is 0.0769. The van der Waals surface area contributed by atoms with E-state index in [1.807, 2.05) is 18.2 Å². The van der Waals surface area contributed by atoms with Gasteiger partial charge in [0.15, 0.2) is 0 Å². The third kappa shape index (κ3) is 11.0. The van der Waals surface area contributed by atoms with Crippen molar-refractivity contribution >= 4 is 73.7 Å². The maximum atomic E-state index is 15.1. The van der Waals surface area contributed by atoms with Gasteiger partial charge in [0.2, 0.25) is 0 Å². The molecule has 0 aliphatic carbocycles. The highest BCUT2D eigenvalue weighted by Crippen LogP contribution is 2.40. The summed E-state index contributed by atoms with van der Waals surface area (Å²) in [6.07, 6.45) is 13.0. The van der Waals surface area contributed by atoms with Gasteiger partial charge in [-0.15, -0.1) is 0 Å². The quantitative estimate of drug-likeness (QED) is 0.110. The van der Waals surface area contributed by atoms with Crippen LogP contribution in [0.5, 0.6) is 11.5 Å². The minimum absolute atomic E-state index is 0.130. The van der Waals surface area contributed by atoms with E-state index < -0.39 is 23.3 Å². The molecule has 0 bridgehead atoms. The average Bonchev–Trinajstić information content (AvgIpc) is 3.36. The van der Waals surface area contributed by atoms with Crippen LogP contribution < -0.4 is 20.5 Å². The Kier molecular flexibility index (Phi) is 15.1. The number of halogens is 7. The molecule has 8 aromatic heterocycles. The Morgan fingerprint density at radius 1 is 0.549 bits per heavy atom. The molecule has 0 radical (unpaired) electrons. The lowest BCUT2D eigenvalue weighted by Gasteiger charge is -2.19. The van der Waals surface area contributed by atoms with Crippen molar-refractivity contribution in [2.75, 3.05) is 25.3 Å². The van der Waals surface area contributed by atoms with E-state index in [1.165, 1.54) is 6.07 Å². The molecule has 0 aliphatic heterocycles. The van der Waals surface area contributed by atoms with Gasteiger partial charge in [-0.3, -0.25) is 19.9 Å². The van der Waals surface area contributed by atoms with Gasteiger partial charge in [-0.1, -0.05) is 46.9 Å². The summed E-state index contributed by atoms with van der Waals surface area (Å²) in [5.41, 5.74) is 14.2. The summed E-state index contributed by atoms with van der Waals surface area (Å²) in [4.78, 5) is 33.9. The fourth-order valence-corrected chi connectivity index (χ4v) is 7.97. The molecule has 0 saturated heterocycles. The standard InChI is InChI=1S/C26H18ClF2N5O.C15H9ClF2N2.C11H10ClN3O/c1-14-25(20-5-3-4-6-31-20)34-22-9-16(28)8-19(29)24(22)26(14)33-21-10-23(27)32-13-18(21)15-7-17(35-2)12-30-11-15;1-8-14(16)13-10(18)6-9(17)7-12(13)20-15(8)11-4-2-3-5-19-11;1-16-8-2-7(4-14-5-8)9-6-15-11(12)3-10(9)13/h3-13H,1-2H3,(H,32,33,34);2-7H,1H3;2-6H,1H3,(H2,13,15). The molecular formula is C52H37Cl3F4N10O2. The number of ether oxygens (including phenoxy) is 2. The van der Waals surface area contributed by atoms with Crippen LogP contribution in [0.2, 0.25) is 15.3 Å². The summed E-state index contributed by atoms with van der Waals surface area (Å²) in [6.45, 7) is 3.54. The molecule has 0 unspecified atom stereocenters. The molecule has 0 saturated carbocycles. The van der Waals surface area contributed by atoms with Gasteiger partial charge in [0, 0.05) is 95.0 Å². The van der Waals surface area contributed by atoms with Crippen LogP contribution in [0, 0.1) is 37.1 Å². The number of nitrogens with one attached hydrogen (secondary N) is 1. The summed E-state index contributed by atoms with van der Waals surface area (Å²) in [7, 11) is 3.14. The molecule has 3 N–H and O–H groups in total. The van der Waals surface area contributed by atoms with Crippen molar-refractivity contribution in [3.05, 3.63) is 184 Å². The Hall–Kier alpha value is -8.05.